The second-order valence-corrected chi connectivity index (χ2v) is 4.87. The van der Waals surface area contributed by atoms with E-state index in [2.05, 4.69) is 10.1 Å². The SMILES string of the molecule is CC(=O)OC(C)C(NC(=O)OCc1ccccc1)OCC(F)(F)F. The van der Waals surface area contributed by atoms with E-state index >= 15 is 0 Å². The molecule has 1 N–H and O–H groups in total. The molecule has 6 nitrogen and oxygen atoms in total. The molecule has 0 aromatic heterocycles. The van der Waals surface area contributed by atoms with E-state index in [0.717, 1.165) is 6.92 Å². The van der Waals surface area contributed by atoms with Crippen molar-refractivity contribution >= 4 is 12.1 Å². The third-order valence-electron chi connectivity index (χ3n) is 2.68. The first-order valence-electron chi connectivity index (χ1n) is 7.00. The van der Waals surface area contributed by atoms with Crippen LogP contribution in [0.3, 0.4) is 0 Å². The number of hydrogen-bond donors (Lipinski definition) is 1. The van der Waals surface area contributed by atoms with Crippen molar-refractivity contribution in [2.45, 2.75) is 39.0 Å². The Morgan fingerprint density at radius 2 is 1.83 bits per heavy atom. The number of ether oxygens (including phenoxy) is 3. The summed E-state index contributed by atoms with van der Waals surface area (Å²) in [5.74, 6) is -0.720. The van der Waals surface area contributed by atoms with Crippen molar-refractivity contribution in [2.75, 3.05) is 6.61 Å². The number of hydrogen-bond acceptors (Lipinski definition) is 5. The molecule has 0 aliphatic carbocycles. The van der Waals surface area contributed by atoms with E-state index in [1.165, 1.54) is 6.92 Å². The Labute approximate surface area is 136 Å². The lowest BCUT2D eigenvalue weighted by molar-refractivity contribution is -0.201. The minimum atomic E-state index is -4.59. The molecule has 0 radical (unpaired) electrons. The van der Waals surface area contributed by atoms with E-state index in [-0.39, 0.29) is 6.61 Å². The molecule has 1 amide bonds. The van der Waals surface area contributed by atoms with Gasteiger partial charge in [0.2, 0.25) is 0 Å². The van der Waals surface area contributed by atoms with Gasteiger partial charge in [-0.15, -0.1) is 0 Å². The smallest absolute Gasteiger partial charge is 0.411 e. The molecule has 0 aliphatic heterocycles. The summed E-state index contributed by atoms with van der Waals surface area (Å²) in [6.45, 7) is 0.702. The Hall–Kier alpha value is -2.29. The Balaban J connectivity index is 2.58. The van der Waals surface area contributed by atoms with E-state index in [9.17, 15) is 22.8 Å². The summed E-state index contributed by atoms with van der Waals surface area (Å²) in [6, 6.07) is 8.70. The summed E-state index contributed by atoms with van der Waals surface area (Å²) in [4.78, 5) is 22.6. The number of carbonyl (C=O) groups is 2. The molecule has 2 unspecified atom stereocenters. The predicted molar refractivity (Wildman–Crippen MR) is 76.8 cm³/mol. The minimum Gasteiger partial charge on any atom is -0.458 e. The number of benzene rings is 1. The van der Waals surface area contributed by atoms with Crippen LogP contribution in [0.15, 0.2) is 30.3 Å². The molecule has 0 bridgehead atoms. The van der Waals surface area contributed by atoms with Crippen LogP contribution in [0.1, 0.15) is 19.4 Å². The zero-order chi connectivity index (χ0) is 18.2. The van der Waals surface area contributed by atoms with Gasteiger partial charge in [0.25, 0.3) is 0 Å². The molecule has 0 heterocycles. The number of esters is 1. The molecular weight excluding hydrogens is 331 g/mol. The molecule has 2 atom stereocenters. The minimum absolute atomic E-state index is 0.0688. The molecule has 134 valence electrons. The van der Waals surface area contributed by atoms with Crippen LogP contribution in [0, 0.1) is 0 Å². The molecule has 1 aromatic rings. The first kappa shape index (κ1) is 19.8. The van der Waals surface area contributed by atoms with E-state index in [1.54, 1.807) is 30.3 Å². The molecule has 0 saturated carbocycles. The van der Waals surface area contributed by atoms with Gasteiger partial charge in [-0.25, -0.2) is 4.79 Å². The van der Waals surface area contributed by atoms with Gasteiger partial charge < -0.3 is 14.2 Å². The number of alkyl carbamates (subject to hydrolysis) is 1. The molecule has 24 heavy (non-hydrogen) atoms. The highest BCUT2D eigenvalue weighted by Crippen LogP contribution is 2.16. The molecule has 0 saturated heterocycles. The predicted octanol–water partition coefficient (Wildman–Crippen LogP) is 2.77. The molecule has 1 rings (SSSR count). The Morgan fingerprint density at radius 1 is 1.21 bits per heavy atom. The average Bonchev–Trinajstić information content (AvgIpc) is 2.48. The topological polar surface area (TPSA) is 73.9 Å². The fourth-order valence-corrected chi connectivity index (χ4v) is 1.68. The molecule has 9 heteroatoms. The Kier molecular flexibility index (Phi) is 7.50. The van der Waals surface area contributed by atoms with Crippen molar-refractivity contribution in [1.29, 1.82) is 0 Å². The van der Waals surface area contributed by atoms with Crippen LogP contribution >= 0.6 is 0 Å². The Bertz CT molecular complexity index is 536. The van der Waals surface area contributed by atoms with Crippen molar-refractivity contribution in [3.63, 3.8) is 0 Å². The van der Waals surface area contributed by atoms with Crippen molar-refractivity contribution in [1.82, 2.24) is 5.32 Å². The quantitative estimate of drug-likeness (QED) is 0.605. The second kappa shape index (κ2) is 9.11. The van der Waals surface area contributed by atoms with E-state index in [0.29, 0.717) is 5.56 Å². The second-order valence-electron chi connectivity index (χ2n) is 4.87. The lowest BCUT2D eigenvalue weighted by Gasteiger charge is -2.25. The zero-order valence-electron chi connectivity index (χ0n) is 13.1. The maximum Gasteiger partial charge on any atom is 0.411 e. The average molecular weight is 349 g/mol. The summed E-state index contributed by atoms with van der Waals surface area (Å²) in [7, 11) is 0. The van der Waals surface area contributed by atoms with Crippen molar-refractivity contribution in [3.8, 4) is 0 Å². The summed E-state index contributed by atoms with van der Waals surface area (Å²) >= 11 is 0. The van der Waals surface area contributed by atoms with Gasteiger partial charge in [0, 0.05) is 6.92 Å². The number of halogens is 3. The standard InChI is InChI=1S/C15H18F3NO5/c1-10(24-11(2)20)13(23-9-15(16,17)18)19-14(21)22-8-12-6-4-3-5-7-12/h3-7,10,13H,8-9H2,1-2H3,(H,19,21). The lowest BCUT2D eigenvalue weighted by Crippen LogP contribution is -2.47. The van der Waals surface area contributed by atoms with E-state index in [4.69, 9.17) is 9.47 Å². The summed E-state index contributed by atoms with van der Waals surface area (Å²) in [6.07, 6.45) is -8.22. The fourth-order valence-electron chi connectivity index (χ4n) is 1.68. The van der Waals surface area contributed by atoms with Crippen LogP contribution in [0.4, 0.5) is 18.0 Å². The largest absolute Gasteiger partial charge is 0.458 e. The number of carbonyl (C=O) groups excluding carboxylic acids is 2. The highest BCUT2D eigenvalue weighted by molar-refractivity contribution is 5.68. The van der Waals surface area contributed by atoms with Crippen LogP contribution in [0.2, 0.25) is 0 Å². The maximum atomic E-state index is 12.3. The normalized spacial score (nSPS) is 13.7. The molecule has 0 aliphatic rings. The third-order valence-corrected chi connectivity index (χ3v) is 2.68. The summed E-state index contributed by atoms with van der Waals surface area (Å²) in [5, 5.41) is 2.10. The Morgan fingerprint density at radius 3 is 2.38 bits per heavy atom. The monoisotopic (exact) mass is 349 g/mol. The van der Waals surface area contributed by atoms with Crippen LogP contribution in [-0.2, 0) is 25.6 Å². The van der Waals surface area contributed by atoms with E-state index in [1.807, 2.05) is 0 Å². The fraction of sp³-hybridized carbons (Fsp3) is 0.467. The molecule has 0 spiro atoms. The van der Waals surface area contributed by atoms with Gasteiger partial charge in [-0.2, -0.15) is 13.2 Å². The van der Waals surface area contributed by atoms with Crippen LogP contribution in [0.5, 0.6) is 0 Å². The highest BCUT2D eigenvalue weighted by Gasteiger charge is 2.32. The molecule has 0 fully saturated rings. The van der Waals surface area contributed by atoms with Crippen LogP contribution in [-0.4, -0.2) is 37.2 Å². The highest BCUT2D eigenvalue weighted by atomic mass is 19.4. The number of nitrogens with one attached hydrogen (secondary N) is 1. The lowest BCUT2D eigenvalue weighted by atomic mass is 10.2. The first-order chi connectivity index (χ1) is 11.2. The van der Waals surface area contributed by atoms with E-state index < -0.39 is 37.2 Å². The number of alkyl halides is 3. The third kappa shape index (κ3) is 8.37. The van der Waals surface area contributed by atoms with Gasteiger partial charge in [-0.3, -0.25) is 10.1 Å². The number of amides is 1. The van der Waals surface area contributed by atoms with Gasteiger partial charge in [0.15, 0.2) is 6.23 Å². The van der Waals surface area contributed by atoms with Gasteiger partial charge in [0.1, 0.15) is 19.3 Å². The molecular formula is C15H18F3NO5. The number of rotatable bonds is 7. The van der Waals surface area contributed by atoms with Crippen LogP contribution in [0.25, 0.3) is 0 Å². The maximum absolute atomic E-state index is 12.3. The summed E-state index contributed by atoms with van der Waals surface area (Å²) < 4.78 is 51.0. The van der Waals surface area contributed by atoms with Crippen molar-refractivity contribution < 1.29 is 37.0 Å². The van der Waals surface area contributed by atoms with Gasteiger partial charge in [0.05, 0.1) is 0 Å². The van der Waals surface area contributed by atoms with Crippen LogP contribution < -0.4 is 5.32 Å². The van der Waals surface area contributed by atoms with Gasteiger partial charge >= 0.3 is 18.2 Å². The van der Waals surface area contributed by atoms with Crippen molar-refractivity contribution in [2.24, 2.45) is 0 Å². The zero-order valence-corrected chi connectivity index (χ0v) is 13.1. The summed E-state index contributed by atoms with van der Waals surface area (Å²) in [5.41, 5.74) is 0.702. The van der Waals surface area contributed by atoms with Crippen molar-refractivity contribution in [3.05, 3.63) is 35.9 Å². The van der Waals surface area contributed by atoms with Gasteiger partial charge in [-0.1, -0.05) is 30.3 Å². The first-order valence-corrected chi connectivity index (χ1v) is 7.00. The molecule has 1 aromatic carbocycles. The van der Waals surface area contributed by atoms with Gasteiger partial charge in [-0.05, 0) is 12.5 Å².